The summed E-state index contributed by atoms with van der Waals surface area (Å²) in [6, 6.07) is 0. The highest BCUT2D eigenvalue weighted by atomic mass is 16.4. The molecule has 10 nitrogen and oxygen atoms in total. The average molecular weight is 243 g/mol. The van der Waals surface area contributed by atoms with Crippen molar-refractivity contribution < 1.29 is 51.2 Å². The van der Waals surface area contributed by atoms with Crippen LogP contribution in [-0.2, 0) is 14.4 Å². The Morgan fingerprint density at radius 3 is 1.25 bits per heavy atom. The molecule has 0 aliphatic carbocycles. The lowest BCUT2D eigenvalue weighted by atomic mass is 9.96. The Kier molecular flexibility index (Phi) is 12.7. The Labute approximate surface area is 88.7 Å². The molecular weight excluding hydrogens is 232 g/mol. The summed E-state index contributed by atoms with van der Waals surface area (Å²) in [5.74, 6) is -5.98. The number of carbonyl (C=O) groups excluding carboxylic acids is 3. The summed E-state index contributed by atoms with van der Waals surface area (Å²) in [5.41, 5.74) is -2.97. The van der Waals surface area contributed by atoms with Crippen LogP contribution in [0.2, 0.25) is 0 Å². The molecular formula is C6H11O10-3. The normalized spacial score (nSPS) is 8.81. The number of carboxylic acid groups (broad SMARTS) is 3. The molecule has 0 aliphatic heterocycles. The molecule has 0 atom stereocenters. The molecule has 0 fully saturated rings. The molecule has 0 aromatic rings. The summed E-state index contributed by atoms with van der Waals surface area (Å²) in [4.78, 5) is 30.0. The fourth-order valence-electron chi connectivity index (χ4n) is 0.684. The van der Waals surface area contributed by atoms with E-state index in [1.165, 1.54) is 0 Å². The van der Waals surface area contributed by atoms with Crippen LogP contribution in [0, 0.1) is 0 Å². The Hall–Kier alpha value is -1.75. The molecule has 98 valence electrons. The molecule has 0 saturated heterocycles. The first-order valence-electron chi connectivity index (χ1n) is 3.11. The molecule has 0 rings (SSSR count). The zero-order valence-electron chi connectivity index (χ0n) is 7.81. The lowest BCUT2D eigenvalue weighted by Crippen LogP contribution is -2.54. The second-order valence-corrected chi connectivity index (χ2v) is 2.42. The van der Waals surface area contributed by atoms with E-state index in [0.717, 1.165) is 0 Å². The minimum absolute atomic E-state index is 0. The number of aliphatic carboxylic acids is 3. The van der Waals surface area contributed by atoms with Crippen molar-refractivity contribution in [1.29, 1.82) is 0 Å². The molecule has 10 heteroatoms. The summed E-state index contributed by atoms with van der Waals surface area (Å²) >= 11 is 0. The molecule has 0 amide bonds. The Bertz CT molecular complexity index is 230. The van der Waals surface area contributed by atoms with Crippen molar-refractivity contribution in [3.63, 3.8) is 0 Å². The zero-order chi connectivity index (χ0) is 10.6. The molecule has 0 unspecified atom stereocenters. The Balaban J connectivity index is -0.000000240. The van der Waals surface area contributed by atoms with Crippen molar-refractivity contribution in [2.24, 2.45) is 0 Å². The van der Waals surface area contributed by atoms with Gasteiger partial charge in [-0.2, -0.15) is 0 Å². The molecule has 0 aromatic carbocycles. The van der Waals surface area contributed by atoms with Gasteiger partial charge in [-0.15, -0.1) is 0 Å². The van der Waals surface area contributed by atoms with Gasteiger partial charge in [-0.3, -0.25) is 0 Å². The fraction of sp³-hybridized carbons (Fsp3) is 0.500. The molecule has 0 heterocycles. The zero-order valence-corrected chi connectivity index (χ0v) is 7.81. The number of hydrogen-bond donors (Lipinski definition) is 1. The lowest BCUT2D eigenvalue weighted by molar-refractivity contribution is -0.339. The highest BCUT2D eigenvalue weighted by Crippen LogP contribution is 2.13. The average Bonchev–Trinajstić information content (AvgIpc) is 1.82. The summed E-state index contributed by atoms with van der Waals surface area (Å²) in [7, 11) is 0. The van der Waals surface area contributed by atoms with Crippen molar-refractivity contribution in [1.82, 2.24) is 0 Å². The van der Waals surface area contributed by atoms with Gasteiger partial charge in [0.05, 0.1) is 5.97 Å². The number of carbonyl (C=O) groups is 3. The standard InChI is InChI=1S/C6H8O7.3H2O/c7-3(8)1-6(13,5(11)12)2-4(9)10;;;/h13H,1-2H2,(H,7,8)(H,9,10)(H,11,12);3*1H2/p-3. The number of hydrogen-bond acceptors (Lipinski definition) is 7. The summed E-state index contributed by atoms with van der Waals surface area (Å²) in [6.07, 6.45) is -2.72. The van der Waals surface area contributed by atoms with Crippen LogP contribution in [-0.4, -0.2) is 45.0 Å². The highest BCUT2D eigenvalue weighted by molar-refractivity contribution is 5.86. The maximum Gasteiger partial charge on any atom is 0.114 e. The third-order valence-corrected chi connectivity index (χ3v) is 1.25. The van der Waals surface area contributed by atoms with Crippen LogP contribution >= 0.6 is 0 Å². The first-order valence-corrected chi connectivity index (χ1v) is 3.11. The molecule has 7 N–H and O–H groups in total. The molecule has 16 heavy (non-hydrogen) atoms. The van der Waals surface area contributed by atoms with Crippen molar-refractivity contribution in [3.05, 3.63) is 0 Å². The van der Waals surface area contributed by atoms with Crippen LogP contribution in [0.1, 0.15) is 12.8 Å². The summed E-state index contributed by atoms with van der Waals surface area (Å²) < 4.78 is 0. The highest BCUT2D eigenvalue weighted by Gasteiger charge is 2.29. The van der Waals surface area contributed by atoms with E-state index in [-0.39, 0.29) is 16.4 Å². The van der Waals surface area contributed by atoms with Crippen LogP contribution in [0.25, 0.3) is 0 Å². The molecule has 0 aromatic heterocycles. The summed E-state index contributed by atoms with van der Waals surface area (Å²) in [5, 5.41) is 38.9. The Morgan fingerprint density at radius 2 is 1.12 bits per heavy atom. The Morgan fingerprint density at radius 1 is 0.875 bits per heavy atom. The second kappa shape index (κ2) is 8.55. The molecule has 0 saturated carbocycles. The van der Waals surface area contributed by atoms with Crippen molar-refractivity contribution in [3.8, 4) is 0 Å². The van der Waals surface area contributed by atoms with Crippen LogP contribution in [0.5, 0.6) is 0 Å². The van der Waals surface area contributed by atoms with E-state index in [4.69, 9.17) is 5.11 Å². The largest absolute Gasteiger partial charge is 0.550 e. The number of rotatable bonds is 5. The maximum atomic E-state index is 10.1. The van der Waals surface area contributed by atoms with Gasteiger partial charge in [-0.05, 0) is 0 Å². The van der Waals surface area contributed by atoms with Crippen LogP contribution in [0.3, 0.4) is 0 Å². The van der Waals surface area contributed by atoms with E-state index < -0.39 is 36.4 Å². The topological polar surface area (TPSA) is 235 Å². The third kappa shape index (κ3) is 7.64. The molecule has 0 spiro atoms. The van der Waals surface area contributed by atoms with Gasteiger partial charge in [-0.25, -0.2) is 0 Å². The smallest absolute Gasteiger partial charge is 0.114 e. The first-order chi connectivity index (χ1) is 5.78. The van der Waals surface area contributed by atoms with Gasteiger partial charge in [-0.1, -0.05) is 0 Å². The van der Waals surface area contributed by atoms with E-state index in [0.29, 0.717) is 0 Å². The van der Waals surface area contributed by atoms with Crippen molar-refractivity contribution in [2.75, 3.05) is 0 Å². The van der Waals surface area contributed by atoms with Crippen molar-refractivity contribution in [2.45, 2.75) is 18.4 Å². The lowest BCUT2D eigenvalue weighted by Gasteiger charge is -2.29. The van der Waals surface area contributed by atoms with Gasteiger partial charge < -0.3 is 51.2 Å². The first kappa shape index (κ1) is 23.8. The maximum absolute atomic E-state index is 10.1. The van der Waals surface area contributed by atoms with Gasteiger partial charge >= 0.3 is 0 Å². The van der Waals surface area contributed by atoms with Gasteiger partial charge in [0.15, 0.2) is 0 Å². The van der Waals surface area contributed by atoms with Gasteiger partial charge in [0.1, 0.15) is 5.60 Å². The van der Waals surface area contributed by atoms with E-state index in [9.17, 15) is 29.7 Å². The predicted octanol–water partition coefficient (Wildman–Crippen LogP) is -7.73. The molecule has 0 bridgehead atoms. The van der Waals surface area contributed by atoms with Crippen LogP contribution in [0.4, 0.5) is 0 Å². The van der Waals surface area contributed by atoms with Gasteiger partial charge in [0.25, 0.3) is 0 Å². The quantitative estimate of drug-likeness (QED) is 0.488. The summed E-state index contributed by atoms with van der Waals surface area (Å²) in [6.45, 7) is 0. The van der Waals surface area contributed by atoms with E-state index in [2.05, 4.69) is 0 Å². The number of carboxylic acids is 3. The minimum Gasteiger partial charge on any atom is -0.550 e. The van der Waals surface area contributed by atoms with Crippen molar-refractivity contribution >= 4 is 17.9 Å². The van der Waals surface area contributed by atoms with E-state index >= 15 is 0 Å². The van der Waals surface area contributed by atoms with Crippen LogP contribution in [0.15, 0.2) is 0 Å². The SMILES string of the molecule is O.O.O.O=C([O-])CC(O)(CC(=O)[O-])C(=O)[O-]. The van der Waals surface area contributed by atoms with E-state index in [1.54, 1.807) is 0 Å². The molecule has 0 radical (unpaired) electrons. The minimum atomic E-state index is -2.97. The third-order valence-electron chi connectivity index (χ3n) is 1.25. The monoisotopic (exact) mass is 243 g/mol. The van der Waals surface area contributed by atoms with Gasteiger partial charge in [0.2, 0.25) is 0 Å². The predicted molar refractivity (Wildman–Crippen MR) is 40.0 cm³/mol. The fourth-order valence-corrected chi connectivity index (χ4v) is 0.684. The number of aliphatic hydroxyl groups is 1. The van der Waals surface area contributed by atoms with Crippen LogP contribution < -0.4 is 15.3 Å². The van der Waals surface area contributed by atoms with E-state index in [1.807, 2.05) is 0 Å². The molecule has 0 aliphatic rings. The second-order valence-electron chi connectivity index (χ2n) is 2.42. The van der Waals surface area contributed by atoms with Gasteiger partial charge in [0, 0.05) is 24.8 Å².